The maximum atomic E-state index is 15.0. The van der Waals surface area contributed by atoms with E-state index in [0.29, 0.717) is 32.6 Å². The molecule has 0 N–H and O–H groups in total. The first-order valence-electron chi connectivity index (χ1n) is 9.99. The molecule has 1 amide bonds. The molecule has 2 heterocycles. The summed E-state index contributed by atoms with van der Waals surface area (Å²) in [5.41, 5.74) is 2.22. The molecule has 8 heteroatoms. The third kappa shape index (κ3) is 3.69. The smallest absolute Gasteiger partial charge is 0.245 e. The van der Waals surface area contributed by atoms with Crippen LogP contribution in [0.2, 0.25) is 0 Å². The van der Waals surface area contributed by atoms with Gasteiger partial charge in [0, 0.05) is 21.5 Å². The number of rotatable bonds is 4. The van der Waals surface area contributed by atoms with Gasteiger partial charge in [-0.1, -0.05) is 24.3 Å². The van der Waals surface area contributed by atoms with Gasteiger partial charge in [0.2, 0.25) is 17.7 Å². The van der Waals surface area contributed by atoms with Crippen LogP contribution in [0.3, 0.4) is 0 Å². The first kappa shape index (κ1) is 20.1. The van der Waals surface area contributed by atoms with Crippen molar-refractivity contribution in [3.8, 4) is 0 Å². The van der Waals surface area contributed by atoms with E-state index in [1.807, 2.05) is 0 Å². The number of benzene rings is 2. The minimum atomic E-state index is -0.541. The highest BCUT2D eigenvalue weighted by molar-refractivity contribution is 9.15. The summed E-state index contributed by atoms with van der Waals surface area (Å²) in [7, 11) is 0. The van der Waals surface area contributed by atoms with Gasteiger partial charge in [-0.3, -0.25) is 4.79 Å². The predicted molar refractivity (Wildman–Crippen MR) is 115 cm³/mol. The Bertz CT molecular complexity index is 1230. The number of fused-ring (bicyclic) bond motifs is 1. The molecule has 1 aromatic heterocycles. The summed E-state index contributed by atoms with van der Waals surface area (Å²) in [5.74, 6) is -0.165. The fourth-order valence-electron chi connectivity index (χ4n) is 3.68. The van der Waals surface area contributed by atoms with Gasteiger partial charge in [-0.05, 0) is 59.0 Å². The molecular weight excluding hydrogens is 468 g/mol. The minimum Gasteiger partial charge on any atom is -0.421 e. The van der Waals surface area contributed by atoms with E-state index in [9.17, 15) is 13.6 Å². The number of para-hydroxylation sites is 1. The maximum Gasteiger partial charge on any atom is 0.245 e. The molecule has 0 bridgehead atoms. The predicted octanol–water partition coefficient (Wildman–Crippen LogP) is 5.73. The van der Waals surface area contributed by atoms with Crippen molar-refractivity contribution >= 4 is 37.6 Å². The molecule has 0 unspecified atom stereocenters. The lowest BCUT2D eigenvalue weighted by molar-refractivity contribution is -0.117. The van der Waals surface area contributed by atoms with E-state index in [-0.39, 0.29) is 42.2 Å². The van der Waals surface area contributed by atoms with E-state index in [1.54, 1.807) is 31.2 Å². The third-order valence-corrected chi connectivity index (χ3v) is 6.50. The molecule has 31 heavy (non-hydrogen) atoms. The van der Waals surface area contributed by atoms with Crippen LogP contribution in [0.5, 0.6) is 0 Å². The lowest BCUT2D eigenvalue weighted by Crippen LogP contribution is -2.31. The van der Waals surface area contributed by atoms with Gasteiger partial charge in [0.05, 0.1) is 18.7 Å². The molecule has 2 aliphatic rings. The number of aromatic nitrogens is 2. The number of carbonyl (C=O) groups excluding carboxylic acids is 1. The maximum absolute atomic E-state index is 15.0. The number of carbonyl (C=O) groups is 1. The average Bonchev–Trinajstić information content (AvgIpc) is 3.50. The second-order valence-electron chi connectivity index (χ2n) is 7.89. The van der Waals surface area contributed by atoms with E-state index >= 15 is 0 Å². The molecule has 5 rings (SSSR count). The molecule has 1 saturated carbocycles. The van der Waals surface area contributed by atoms with Crippen LogP contribution in [0, 0.1) is 18.6 Å². The Kier molecular flexibility index (Phi) is 4.97. The first-order valence-corrected chi connectivity index (χ1v) is 10.8. The summed E-state index contributed by atoms with van der Waals surface area (Å²) in [6.07, 6.45) is 1.96. The van der Waals surface area contributed by atoms with Crippen molar-refractivity contribution in [1.29, 1.82) is 0 Å². The van der Waals surface area contributed by atoms with E-state index in [2.05, 4.69) is 26.1 Å². The van der Waals surface area contributed by atoms with Gasteiger partial charge < -0.3 is 9.32 Å². The summed E-state index contributed by atoms with van der Waals surface area (Å²) >= 11 is 3.54. The minimum absolute atomic E-state index is 0.0364. The van der Waals surface area contributed by atoms with Gasteiger partial charge in [0.15, 0.2) is 0 Å². The van der Waals surface area contributed by atoms with Crippen LogP contribution in [0.15, 0.2) is 40.8 Å². The molecule has 0 radical (unpaired) electrons. The fraction of sp³-hybridized carbons (Fsp3) is 0.261. The Balaban J connectivity index is 1.58. The normalized spacial score (nSPS) is 16.5. The zero-order valence-corrected chi connectivity index (χ0v) is 18.2. The van der Waals surface area contributed by atoms with Crippen LogP contribution >= 0.6 is 15.9 Å². The average molecular weight is 486 g/mol. The summed E-state index contributed by atoms with van der Waals surface area (Å²) in [5, 5.41) is 8.24. The number of nitrogens with zero attached hydrogens (tertiary/aromatic N) is 3. The number of amides is 1. The van der Waals surface area contributed by atoms with E-state index in [0.717, 1.165) is 12.8 Å². The van der Waals surface area contributed by atoms with Crippen LogP contribution in [-0.4, -0.2) is 16.1 Å². The summed E-state index contributed by atoms with van der Waals surface area (Å²) in [6, 6.07) is 9.36. The molecule has 0 atom stereocenters. The van der Waals surface area contributed by atoms with Crippen molar-refractivity contribution < 1.29 is 18.0 Å². The zero-order chi connectivity index (χ0) is 21.7. The van der Waals surface area contributed by atoms with Crippen molar-refractivity contribution in [2.24, 2.45) is 0 Å². The fourth-order valence-corrected chi connectivity index (χ4v) is 4.31. The molecular formula is C23H18BrF2N3O2. The monoisotopic (exact) mass is 485 g/mol. The van der Waals surface area contributed by atoms with Crippen LogP contribution in [0.1, 0.15) is 53.7 Å². The molecule has 1 fully saturated rings. The van der Waals surface area contributed by atoms with E-state index in [4.69, 9.17) is 4.42 Å². The van der Waals surface area contributed by atoms with Gasteiger partial charge in [-0.25, -0.2) is 8.78 Å². The number of hydrogen-bond donors (Lipinski definition) is 0. The second-order valence-corrected chi connectivity index (χ2v) is 8.68. The van der Waals surface area contributed by atoms with Crippen molar-refractivity contribution in [3.63, 3.8) is 0 Å². The second kappa shape index (κ2) is 7.67. The van der Waals surface area contributed by atoms with Crippen LogP contribution in [-0.2, 0) is 11.3 Å². The third-order valence-electron chi connectivity index (χ3n) is 5.59. The molecule has 2 aromatic carbocycles. The molecule has 1 aliphatic carbocycles. The van der Waals surface area contributed by atoms with Crippen LogP contribution in [0.25, 0.3) is 10.1 Å². The van der Waals surface area contributed by atoms with Gasteiger partial charge in [0.25, 0.3) is 0 Å². The molecule has 0 saturated heterocycles. The molecule has 158 valence electrons. The van der Waals surface area contributed by atoms with Gasteiger partial charge in [-0.2, -0.15) is 0 Å². The number of hydrogen-bond acceptors (Lipinski definition) is 4. The quantitative estimate of drug-likeness (QED) is 0.473. The first-order chi connectivity index (χ1) is 14.9. The van der Waals surface area contributed by atoms with Crippen molar-refractivity contribution in [2.75, 3.05) is 4.90 Å². The molecule has 1 aliphatic heterocycles. The molecule has 5 nitrogen and oxygen atoms in total. The highest BCUT2D eigenvalue weighted by Crippen LogP contribution is 2.44. The SMILES string of the molecule is Cc1ccc(CN2C(=O)CC(c3nnc(C4CC4)o3)=C(Br)c3cccc(F)c32)cc1F. The molecule has 3 aromatic rings. The van der Waals surface area contributed by atoms with Crippen molar-refractivity contribution in [1.82, 2.24) is 10.2 Å². The number of aryl methyl sites for hydroxylation is 1. The van der Waals surface area contributed by atoms with Crippen LogP contribution < -0.4 is 4.90 Å². The number of anilines is 1. The van der Waals surface area contributed by atoms with E-state index in [1.165, 1.54) is 17.0 Å². The Morgan fingerprint density at radius 2 is 1.97 bits per heavy atom. The standard InChI is InChI=1S/C23H18BrF2N3O2/c1-12-5-6-13(9-18(12)26)11-29-19(30)10-16(23-28-27-22(31-23)14-7-8-14)20(24)15-3-2-4-17(25)21(15)29/h2-6,9,14H,7-8,10-11H2,1H3. The largest absolute Gasteiger partial charge is 0.421 e. The van der Waals surface area contributed by atoms with Gasteiger partial charge in [-0.15, -0.1) is 10.2 Å². The highest BCUT2D eigenvalue weighted by Gasteiger charge is 2.34. The summed E-state index contributed by atoms with van der Waals surface area (Å²) in [6.45, 7) is 1.70. The Hall–Kier alpha value is -2.87. The Morgan fingerprint density at radius 1 is 1.16 bits per heavy atom. The van der Waals surface area contributed by atoms with Gasteiger partial charge in [0.1, 0.15) is 11.6 Å². The lowest BCUT2D eigenvalue weighted by atomic mass is 10.1. The number of halogens is 3. The Morgan fingerprint density at radius 3 is 2.71 bits per heavy atom. The van der Waals surface area contributed by atoms with Crippen molar-refractivity contribution in [3.05, 3.63) is 76.5 Å². The Labute approximate surface area is 185 Å². The highest BCUT2D eigenvalue weighted by atomic mass is 79.9. The van der Waals surface area contributed by atoms with Crippen LogP contribution in [0.4, 0.5) is 14.5 Å². The summed E-state index contributed by atoms with van der Waals surface area (Å²) in [4.78, 5) is 14.6. The van der Waals surface area contributed by atoms with E-state index < -0.39 is 5.82 Å². The van der Waals surface area contributed by atoms with Gasteiger partial charge >= 0.3 is 0 Å². The summed E-state index contributed by atoms with van der Waals surface area (Å²) < 4.78 is 35.4. The zero-order valence-electron chi connectivity index (χ0n) is 16.7. The van der Waals surface area contributed by atoms with Crippen molar-refractivity contribution in [2.45, 2.75) is 38.6 Å². The topological polar surface area (TPSA) is 59.2 Å². The lowest BCUT2D eigenvalue weighted by Gasteiger charge is -2.24. The molecule has 0 spiro atoms.